The molecule has 0 saturated heterocycles. The zero-order valence-electron chi connectivity index (χ0n) is 16.3. The first kappa shape index (κ1) is 20.3. The molecule has 7 heteroatoms. The molecule has 0 aliphatic carbocycles. The molecule has 6 nitrogen and oxygen atoms in total. The summed E-state index contributed by atoms with van der Waals surface area (Å²) in [5, 5.41) is 0.609. The summed E-state index contributed by atoms with van der Waals surface area (Å²) < 4.78 is 17.2. The van der Waals surface area contributed by atoms with Crippen LogP contribution >= 0.6 is 11.3 Å². The maximum Gasteiger partial charge on any atom is 0.262 e. The second-order valence-corrected chi connectivity index (χ2v) is 7.08. The van der Waals surface area contributed by atoms with Gasteiger partial charge in [0, 0.05) is 7.11 Å². The van der Waals surface area contributed by atoms with Gasteiger partial charge in [-0.25, -0.2) is 4.98 Å². The van der Waals surface area contributed by atoms with E-state index < -0.39 is 6.10 Å². The van der Waals surface area contributed by atoms with Crippen LogP contribution in [0.25, 0.3) is 10.2 Å². The van der Waals surface area contributed by atoms with Crippen molar-refractivity contribution in [2.45, 2.75) is 20.0 Å². The Kier molecular flexibility index (Phi) is 6.97. The van der Waals surface area contributed by atoms with Crippen molar-refractivity contribution in [1.82, 2.24) is 4.98 Å². The number of hydrogen-bond acceptors (Lipinski definition) is 6. The highest BCUT2D eigenvalue weighted by Crippen LogP contribution is 2.34. The highest BCUT2D eigenvalue weighted by atomic mass is 32.1. The lowest BCUT2D eigenvalue weighted by Crippen LogP contribution is -2.36. The summed E-state index contributed by atoms with van der Waals surface area (Å²) in [5.41, 5.74) is 1.58. The van der Waals surface area contributed by atoms with Crippen LogP contribution in [0.1, 0.15) is 13.8 Å². The number of methoxy groups -OCH3 is 1. The summed E-state index contributed by atoms with van der Waals surface area (Å²) in [6.07, 6.45) is -0.631. The lowest BCUT2D eigenvalue weighted by molar-refractivity contribution is -0.128. The number of anilines is 2. The van der Waals surface area contributed by atoms with Crippen molar-refractivity contribution >= 4 is 38.3 Å². The van der Waals surface area contributed by atoms with E-state index in [0.29, 0.717) is 25.0 Å². The van der Waals surface area contributed by atoms with Crippen molar-refractivity contribution in [2.24, 2.45) is 0 Å². The van der Waals surface area contributed by atoms with E-state index in [4.69, 9.17) is 14.2 Å². The summed E-state index contributed by atoms with van der Waals surface area (Å²) >= 11 is 1.47. The third-order valence-electron chi connectivity index (χ3n) is 4.10. The third-order valence-corrected chi connectivity index (χ3v) is 5.12. The minimum absolute atomic E-state index is 0.181. The molecule has 0 fully saturated rings. The van der Waals surface area contributed by atoms with Crippen LogP contribution in [0, 0.1) is 0 Å². The van der Waals surface area contributed by atoms with Gasteiger partial charge in [-0.1, -0.05) is 23.5 Å². The van der Waals surface area contributed by atoms with Crippen LogP contribution < -0.4 is 9.64 Å². The maximum absolute atomic E-state index is 13.2. The second-order valence-electron chi connectivity index (χ2n) is 6.07. The number of amides is 1. The van der Waals surface area contributed by atoms with E-state index in [1.54, 1.807) is 18.9 Å². The molecular formula is C21H24N2O4S. The van der Waals surface area contributed by atoms with Gasteiger partial charge in [-0.05, 0) is 50.2 Å². The number of hydrogen-bond donors (Lipinski definition) is 0. The van der Waals surface area contributed by atoms with Crippen molar-refractivity contribution in [1.29, 1.82) is 0 Å². The van der Waals surface area contributed by atoms with Crippen LogP contribution in [0.4, 0.5) is 10.8 Å². The first-order chi connectivity index (χ1) is 13.6. The Balaban J connectivity index is 1.94. The highest BCUT2D eigenvalue weighted by Gasteiger charge is 2.27. The first-order valence-electron chi connectivity index (χ1n) is 9.17. The van der Waals surface area contributed by atoms with E-state index in [9.17, 15) is 4.79 Å². The fourth-order valence-corrected chi connectivity index (χ4v) is 3.70. The average molecular weight is 400 g/mol. The number of fused-ring (bicyclic) bond motifs is 1. The standard InChI is InChI=1S/C21H24N2O4S/c1-4-26-17-11-9-16(10-12-17)23(20(24)15(2)27-14-13-25-3)21-22-18-7-5-6-8-19(18)28-21/h5-12,15H,4,13-14H2,1-3H3. The zero-order chi connectivity index (χ0) is 19.9. The van der Waals surface area contributed by atoms with Gasteiger partial charge in [0.25, 0.3) is 5.91 Å². The molecule has 1 amide bonds. The van der Waals surface area contributed by atoms with Gasteiger partial charge in [-0.3, -0.25) is 9.69 Å². The summed E-state index contributed by atoms with van der Waals surface area (Å²) in [5.74, 6) is 0.576. The van der Waals surface area contributed by atoms with Crippen LogP contribution in [0.15, 0.2) is 48.5 Å². The molecule has 2 aromatic carbocycles. The molecule has 1 atom stereocenters. The number of ether oxygens (including phenoxy) is 3. The molecule has 0 saturated carbocycles. The fraction of sp³-hybridized carbons (Fsp3) is 0.333. The predicted molar refractivity (Wildman–Crippen MR) is 112 cm³/mol. The number of para-hydroxylation sites is 1. The summed E-state index contributed by atoms with van der Waals surface area (Å²) in [4.78, 5) is 19.5. The molecule has 0 aliphatic heterocycles. The Morgan fingerprint density at radius 2 is 1.89 bits per heavy atom. The van der Waals surface area contributed by atoms with Gasteiger partial charge in [0.2, 0.25) is 0 Å². The number of aromatic nitrogens is 1. The molecule has 0 N–H and O–H groups in total. The molecule has 3 rings (SSSR count). The molecule has 1 aromatic heterocycles. The van der Waals surface area contributed by atoms with E-state index in [1.165, 1.54) is 11.3 Å². The Morgan fingerprint density at radius 1 is 1.14 bits per heavy atom. The van der Waals surface area contributed by atoms with Crippen molar-refractivity contribution < 1.29 is 19.0 Å². The van der Waals surface area contributed by atoms with E-state index >= 15 is 0 Å². The van der Waals surface area contributed by atoms with Crippen molar-refractivity contribution in [3.63, 3.8) is 0 Å². The molecule has 0 spiro atoms. The number of thiazole rings is 1. The van der Waals surface area contributed by atoms with E-state index in [-0.39, 0.29) is 5.91 Å². The van der Waals surface area contributed by atoms with E-state index in [2.05, 4.69) is 4.98 Å². The molecular weight excluding hydrogens is 376 g/mol. The SMILES string of the molecule is CCOc1ccc(N(C(=O)C(C)OCCOC)c2nc3ccccc3s2)cc1. The Labute approximate surface area is 168 Å². The quantitative estimate of drug-likeness (QED) is 0.498. The molecule has 0 radical (unpaired) electrons. The van der Waals surface area contributed by atoms with Gasteiger partial charge in [0.05, 0.1) is 35.7 Å². The van der Waals surface area contributed by atoms with Gasteiger partial charge < -0.3 is 14.2 Å². The van der Waals surface area contributed by atoms with Crippen LogP contribution in [-0.4, -0.2) is 43.9 Å². The summed E-state index contributed by atoms with van der Waals surface area (Å²) in [6, 6.07) is 15.2. The normalized spacial score (nSPS) is 12.1. The topological polar surface area (TPSA) is 60.9 Å². The van der Waals surface area contributed by atoms with Crippen LogP contribution in [0.5, 0.6) is 5.75 Å². The van der Waals surface area contributed by atoms with Gasteiger partial charge in [0.15, 0.2) is 5.13 Å². The smallest absolute Gasteiger partial charge is 0.262 e. The van der Waals surface area contributed by atoms with E-state index in [0.717, 1.165) is 21.7 Å². The van der Waals surface area contributed by atoms with Crippen LogP contribution in [-0.2, 0) is 14.3 Å². The van der Waals surface area contributed by atoms with Crippen molar-refractivity contribution in [2.75, 3.05) is 31.8 Å². The lowest BCUT2D eigenvalue weighted by Gasteiger charge is -2.24. The number of nitrogens with zero attached hydrogens (tertiary/aromatic N) is 2. The molecule has 0 bridgehead atoms. The van der Waals surface area contributed by atoms with Gasteiger partial charge in [-0.15, -0.1) is 0 Å². The Bertz CT molecular complexity index is 877. The molecule has 148 valence electrons. The highest BCUT2D eigenvalue weighted by molar-refractivity contribution is 7.22. The molecule has 1 heterocycles. The molecule has 28 heavy (non-hydrogen) atoms. The number of benzene rings is 2. The molecule has 3 aromatic rings. The zero-order valence-corrected chi connectivity index (χ0v) is 17.1. The Hall–Kier alpha value is -2.48. The van der Waals surface area contributed by atoms with Gasteiger partial charge >= 0.3 is 0 Å². The minimum Gasteiger partial charge on any atom is -0.494 e. The van der Waals surface area contributed by atoms with Crippen molar-refractivity contribution in [3.8, 4) is 5.75 Å². The number of carbonyl (C=O) groups is 1. The monoisotopic (exact) mass is 400 g/mol. The number of carbonyl (C=O) groups excluding carboxylic acids is 1. The van der Waals surface area contributed by atoms with Gasteiger partial charge in [0.1, 0.15) is 11.9 Å². The van der Waals surface area contributed by atoms with Crippen LogP contribution in [0.2, 0.25) is 0 Å². The minimum atomic E-state index is -0.631. The van der Waals surface area contributed by atoms with Crippen LogP contribution in [0.3, 0.4) is 0 Å². The Morgan fingerprint density at radius 3 is 2.57 bits per heavy atom. The number of rotatable bonds is 9. The third kappa shape index (κ3) is 4.67. The molecule has 1 unspecified atom stereocenters. The van der Waals surface area contributed by atoms with Gasteiger partial charge in [-0.2, -0.15) is 0 Å². The maximum atomic E-state index is 13.2. The summed E-state index contributed by atoms with van der Waals surface area (Å²) in [7, 11) is 1.60. The van der Waals surface area contributed by atoms with E-state index in [1.807, 2.05) is 55.5 Å². The first-order valence-corrected chi connectivity index (χ1v) is 9.98. The van der Waals surface area contributed by atoms with Crippen molar-refractivity contribution in [3.05, 3.63) is 48.5 Å². The lowest BCUT2D eigenvalue weighted by atomic mass is 10.2. The summed E-state index contributed by atoms with van der Waals surface area (Å²) in [6.45, 7) is 5.04. The predicted octanol–water partition coefficient (Wildman–Crippen LogP) is 4.41. The largest absolute Gasteiger partial charge is 0.494 e. The second kappa shape index (κ2) is 9.64. The fourth-order valence-electron chi connectivity index (χ4n) is 2.71. The molecule has 0 aliphatic rings. The average Bonchev–Trinajstić information content (AvgIpc) is 3.13.